The Morgan fingerprint density at radius 2 is 2.00 bits per heavy atom. The average Bonchev–Trinajstić information content (AvgIpc) is 2.47. The lowest BCUT2D eigenvalue weighted by Gasteiger charge is -2.30. The number of aromatic carboxylic acids is 1. The van der Waals surface area contributed by atoms with Gasteiger partial charge in [0.2, 0.25) is 5.91 Å². The van der Waals surface area contributed by atoms with Crippen LogP contribution in [0.5, 0.6) is 0 Å². The van der Waals surface area contributed by atoms with Crippen molar-refractivity contribution in [1.82, 2.24) is 4.90 Å². The van der Waals surface area contributed by atoms with Crippen LogP contribution in [0, 0.1) is 5.92 Å². The largest absolute Gasteiger partial charge is 0.478 e. The van der Waals surface area contributed by atoms with Crippen molar-refractivity contribution in [3.63, 3.8) is 0 Å². The Hall–Kier alpha value is -1.69. The number of amides is 1. The van der Waals surface area contributed by atoms with Crippen LogP contribution in [-0.2, 0) is 21.3 Å². The second kappa shape index (κ2) is 7.54. The molecular weight excluding hydrogens is 302 g/mol. The maximum Gasteiger partial charge on any atom is 0.335 e. The molecule has 1 aromatic rings. The van der Waals surface area contributed by atoms with E-state index in [4.69, 9.17) is 5.11 Å². The van der Waals surface area contributed by atoms with Crippen LogP contribution in [-0.4, -0.2) is 44.9 Å². The maximum absolute atomic E-state index is 12.1. The molecule has 0 aliphatic carbocycles. The summed E-state index contributed by atoms with van der Waals surface area (Å²) in [5.74, 6) is -0.220. The molecule has 0 radical (unpaired) electrons. The van der Waals surface area contributed by atoms with Crippen LogP contribution >= 0.6 is 0 Å². The summed E-state index contributed by atoms with van der Waals surface area (Å²) in [7, 11) is -1.32. The second-order valence-corrected chi connectivity index (χ2v) is 7.25. The fourth-order valence-corrected chi connectivity index (χ4v) is 3.63. The van der Waals surface area contributed by atoms with Crippen molar-refractivity contribution in [1.29, 1.82) is 0 Å². The third kappa shape index (κ3) is 4.66. The number of nitrogens with zero attached hydrogens (tertiary/aromatic N) is 1. The Labute approximate surface area is 132 Å². The van der Waals surface area contributed by atoms with Crippen LogP contribution in [0.3, 0.4) is 0 Å². The molecule has 0 aromatic heterocycles. The fraction of sp³-hybridized carbons (Fsp3) is 0.500. The number of hydrogen-bond acceptors (Lipinski definition) is 3. The third-order valence-electron chi connectivity index (χ3n) is 3.92. The second-order valence-electron chi connectivity index (χ2n) is 5.80. The highest BCUT2D eigenvalue weighted by Gasteiger charge is 2.21. The highest BCUT2D eigenvalue weighted by molar-refractivity contribution is 7.84. The van der Waals surface area contributed by atoms with Crippen molar-refractivity contribution in [3.8, 4) is 0 Å². The standard InChI is InChI=1S/C16H21NO4S/c1-12-5-7-17(8-6-12)15(18)11-22(21)10-13-3-2-4-14(9-13)16(19)20/h2-4,9,12H,5-8,10-11H2,1H3,(H,19,20). The Bertz CT molecular complexity index is 579. The van der Waals surface area contributed by atoms with Crippen LogP contribution in [0.15, 0.2) is 24.3 Å². The molecule has 1 heterocycles. The Morgan fingerprint density at radius 3 is 2.64 bits per heavy atom. The SMILES string of the molecule is CC1CCN(C(=O)CS(=O)Cc2cccc(C(=O)O)c2)CC1. The first-order valence-corrected chi connectivity index (χ1v) is 8.89. The molecule has 1 unspecified atom stereocenters. The topological polar surface area (TPSA) is 74.7 Å². The van der Waals surface area contributed by atoms with Crippen LogP contribution in [0.4, 0.5) is 0 Å². The normalized spacial score (nSPS) is 17.2. The number of carboxylic acids is 1. The summed E-state index contributed by atoms with van der Waals surface area (Å²) in [6.45, 7) is 3.66. The van der Waals surface area contributed by atoms with Crippen molar-refractivity contribution >= 4 is 22.7 Å². The fourth-order valence-electron chi connectivity index (χ4n) is 2.52. The molecule has 0 bridgehead atoms. The molecule has 120 valence electrons. The number of piperidine rings is 1. The van der Waals surface area contributed by atoms with E-state index >= 15 is 0 Å². The summed E-state index contributed by atoms with van der Waals surface area (Å²) >= 11 is 0. The molecule has 1 aliphatic heterocycles. The van der Waals surface area contributed by atoms with E-state index in [-0.39, 0.29) is 23.0 Å². The van der Waals surface area contributed by atoms with Gasteiger partial charge in [0.25, 0.3) is 0 Å². The highest BCUT2D eigenvalue weighted by Crippen LogP contribution is 2.16. The molecule has 6 heteroatoms. The zero-order valence-electron chi connectivity index (χ0n) is 12.7. The molecule has 1 amide bonds. The van der Waals surface area contributed by atoms with Gasteiger partial charge in [-0.1, -0.05) is 19.1 Å². The first kappa shape index (κ1) is 16.7. The number of benzene rings is 1. The van der Waals surface area contributed by atoms with E-state index < -0.39 is 16.8 Å². The van der Waals surface area contributed by atoms with Crippen molar-refractivity contribution in [2.45, 2.75) is 25.5 Å². The number of rotatable bonds is 5. The van der Waals surface area contributed by atoms with Gasteiger partial charge in [0, 0.05) is 29.6 Å². The molecule has 22 heavy (non-hydrogen) atoms. The van der Waals surface area contributed by atoms with E-state index in [0.717, 1.165) is 25.9 Å². The molecule has 2 rings (SSSR count). The zero-order valence-corrected chi connectivity index (χ0v) is 13.5. The molecule has 1 fully saturated rings. The van der Waals surface area contributed by atoms with Gasteiger partial charge in [0.05, 0.1) is 5.56 Å². The molecule has 1 aliphatic rings. The first-order valence-electron chi connectivity index (χ1n) is 7.40. The van der Waals surface area contributed by atoms with Crippen LogP contribution in [0.2, 0.25) is 0 Å². The highest BCUT2D eigenvalue weighted by atomic mass is 32.2. The molecule has 5 nitrogen and oxygen atoms in total. The van der Waals surface area contributed by atoms with E-state index in [1.807, 2.05) is 0 Å². The molecule has 1 N–H and O–H groups in total. The number of carbonyl (C=O) groups is 2. The lowest BCUT2D eigenvalue weighted by Crippen LogP contribution is -2.40. The number of likely N-dealkylation sites (tertiary alicyclic amines) is 1. The minimum Gasteiger partial charge on any atom is -0.478 e. The molecule has 0 saturated carbocycles. The summed E-state index contributed by atoms with van der Waals surface area (Å²) in [6, 6.07) is 6.36. The van der Waals surface area contributed by atoms with E-state index in [1.54, 1.807) is 17.0 Å². The van der Waals surface area contributed by atoms with Crippen molar-refractivity contribution in [2.24, 2.45) is 5.92 Å². The van der Waals surface area contributed by atoms with Crippen molar-refractivity contribution < 1.29 is 18.9 Å². The van der Waals surface area contributed by atoms with Gasteiger partial charge in [-0.15, -0.1) is 0 Å². The quantitative estimate of drug-likeness (QED) is 0.898. The zero-order chi connectivity index (χ0) is 16.1. The Kier molecular flexibility index (Phi) is 5.71. The van der Waals surface area contributed by atoms with Crippen LogP contribution in [0.1, 0.15) is 35.7 Å². The predicted molar refractivity (Wildman–Crippen MR) is 85.1 cm³/mol. The molecular formula is C16H21NO4S. The van der Waals surface area contributed by atoms with E-state index in [1.165, 1.54) is 12.1 Å². The molecule has 0 spiro atoms. The van der Waals surface area contributed by atoms with Crippen LogP contribution in [0.25, 0.3) is 0 Å². The van der Waals surface area contributed by atoms with Gasteiger partial charge in [-0.2, -0.15) is 0 Å². The van der Waals surface area contributed by atoms with Gasteiger partial charge in [0.15, 0.2) is 0 Å². The van der Waals surface area contributed by atoms with Crippen molar-refractivity contribution in [2.75, 3.05) is 18.8 Å². The lowest BCUT2D eigenvalue weighted by molar-refractivity contribution is -0.129. The van der Waals surface area contributed by atoms with E-state index in [0.29, 0.717) is 11.5 Å². The van der Waals surface area contributed by atoms with Crippen LogP contribution < -0.4 is 0 Å². The van der Waals surface area contributed by atoms with E-state index in [9.17, 15) is 13.8 Å². The van der Waals surface area contributed by atoms with Gasteiger partial charge < -0.3 is 10.0 Å². The molecule has 1 saturated heterocycles. The van der Waals surface area contributed by atoms with Gasteiger partial charge in [-0.3, -0.25) is 9.00 Å². The van der Waals surface area contributed by atoms with Gasteiger partial charge >= 0.3 is 5.97 Å². The van der Waals surface area contributed by atoms with Gasteiger partial charge in [0.1, 0.15) is 5.75 Å². The number of carboxylic acid groups (broad SMARTS) is 1. The minimum atomic E-state index is -1.32. The lowest BCUT2D eigenvalue weighted by atomic mass is 9.99. The van der Waals surface area contributed by atoms with E-state index in [2.05, 4.69) is 6.92 Å². The smallest absolute Gasteiger partial charge is 0.335 e. The predicted octanol–water partition coefficient (Wildman–Crippen LogP) is 1.89. The van der Waals surface area contributed by atoms with Gasteiger partial charge in [-0.25, -0.2) is 4.79 Å². The van der Waals surface area contributed by atoms with Crippen molar-refractivity contribution in [3.05, 3.63) is 35.4 Å². The first-order chi connectivity index (χ1) is 10.5. The molecule has 1 atom stereocenters. The Morgan fingerprint density at radius 1 is 1.32 bits per heavy atom. The third-order valence-corrected chi connectivity index (χ3v) is 5.15. The monoisotopic (exact) mass is 323 g/mol. The Balaban J connectivity index is 1.88. The number of carbonyl (C=O) groups excluding carboxylic acids is 1. The summed E-state index contributed by atoms with van der Waals surface area (Å²) < 4.78 is 12.1. The number of hydrogen-bond donors (Lipinski definition) is 1. The summed E-state index contributed by atoms with van der Waals surface area (Å²) in [5, 5.41) is 8.94. The molecule has 1 aromatic carbocycles. The average molecular weight is 323 g/mol. The van der Waals surface area contributed by atoms with Gasteiger partial charge in [-0.05, 0) is 36.5 Å². The summed E-state index contributed by atoms with van der Waals surface area (Å²) in [4.78, 5) is 24.8. The summed E-state index contributed by atoms with van der Waals surface area (Å²) in [6.07, 6.45) is 2.00. The maximum atomic E-state index is 12.1. The minimum absolute atomic E-state index is 0.00563. The summed E-state index contributed by atoms with van der Waals surface area (Å²) in [5.41, 5.74) is 0.851.